The van der Waals surface area contributed by atoms with E-state index in [1.165, 1.54) is 6.07 Å². The second-order valence-corrected chi connectivity index (χ2v) is 8.42. The van der Waals surface area contributed by atoms with Crippen molar-refractivity contribution in [1.29, 1.82) is 0 Å². The van der Waals surface area contributed by atoms with E-state index in [1.807, 2.05) is 0 Å². The molecule has 0 atom stereocenters. The monoisotopic (exact) mass is 349 g/mol. The van der Waals surface area contributed by atoms with Gasteiger partial charge in [0.05, 0.1) is 5.69 Å². The minimum atomic E-state index is -3.40. The SMILES string of the molecule is CC(C)(c1cc(N)nc(-c2ccc(NC(N)=O)cc2)n1)S(C)(=O)=O. The lowest BCUT2D eigenvalue weighted by molar-refractivity contribution is 0.259. The highest BCUT2D eigenvalue weighted by Crippen LogP contribution is 2.30. The van der Waals surface area contributed by atoms with E-state index in [0.717, 1.165) is 6.26 Å². The molecule has 2 aromatic rings. The molecule has 1 aromatic heterocycles. The van der Waals surface area contributed by atoms with Crippen molar-refractivity contribution >= 4 is 27.4 Å². The molecule has 0 aliphatic rings. The first-order valence-corrected chi connectivity index (χ1v) is 8.91. The zero-order chi connectivity index (χ0) is 18.1. The van der Waals surface area contributed by atoms with E-state index in [9.17, 15) is 13.2 Å². The lowest BCUT2D eigenvalue weighted by Gasteiger charge is -2.22. The van der Waals surface area contributed by atoms with Gasteiger partial charge in [-0.25, -0.2) is 23.2 Å². The molecule has 0 unspecified atom stereocenters. The number of hydrogen-bond donors (Lipinski definition) is 3. The molecule has 2 amide bonds. The van der Waals surface area contributed by atoms with Crippen molar-refractivity contribution in [3.05, 3.63) is 36.0 Å². The van der Waals surface area contributed by atoms with Crippen molar-refractivity contribution in [3.8, 4) is 11.4 Å². The Bertz CT molecular complexity index is 876. The van der Waals surface area contributed by atoms with Crippen LogP contribution in [0.2, 0.25) is 0 Å². The maximum absolute atomic E-state index is 12.0. The molecule has 0 fully saturated rings. The van der Waals surface area contributed by atoms with Crippen LogP contribution in [0.15, 0.2) is 30.3 Å². The van der Waals surface area contributed by atoms with Gasteiger partial charge in [-0.3, -0.25) is 0 Å². The summed E-state index contributed by atoms with van der Waals surface area (Å²) in [4.78, 5) is 19.3. The maximum atomic E-state index is 12.0. The van der Waals surface area contributed by atoms with Gasteiger partial charge in [-0.15, -0.1) is 0 Å². The molecule has 0 radical (unpaired) electrons. The van der Waals surface area contributed by atoms with Gasteiger partial charge in [-0.1, -0.05) is 0 Å². The number of carbonyl (C=O) groups is 1. The van der Waals surface area contributed by atoms with E-state index in [2.05, 4.69) is 15.3 Å². The van der Waals surface area contributed by atoms with Crippen LogP contribution in [-0.2, 0) is 14.6 Å². The van der Waals surface area contributed by atoms with Crippen LogP contribution < -0.4 is 16.8 Å². The fourth-order valence-electron chi connectivity index (χ4n) is 1.94. The number of urea groups is 1. The van der Waals surface area contributed by atoms with Gasteiger partial charge in [0, 0.05) is 23.6 Å². The fourth-order valence-corrected chi connectivity index (χ4v) is 2.42. The highest BCUT2D eigenvalue weighted by Gasteiger charge is 2.34. The van der Waals surface area contributed by atoms with Gasteiger partial charge in [-0.05, 0) is 38.1 Å². The number of sulfone groups is 1. The molecule has 9 heteroatoms. The molecule has 5 N–H and O–H groups in total. The summed E-state index contributed by atoms with van der Waals surface area (Å²) in [6.45, 7) is 3.13. The molecule has 1 heterocycles. The Morgan fingerprint density at radius 3 is 2.25 bits per heavy atom. The standard InChI is InChI=1S/C15H19N5O3S/c1-15(2,24(3,22)23)11-8-12(16)20-13(19-11)9-4-6-10(7-5-9)18-14(17)21/h4-8H,1-3H3,(H2,16,19,20)(H3,17,18,21). The van der Waals surface area contributed by atoms with Crippen LogP contribution in [0.4, 0.5) is 16.3 Å². The van der Waals surface area contributed by atoms with E-state index in [-0.39, 0.29) is 5.82 Å². The average molecular weight is 349 g/mol. The lowest BCUT2D eigenvalue weighted by atomic mass is 10.1. The molecule has 8 nitrogen and oxygen atoms in total. The smallest absolute Gasteiger partial charge is 0.316 e. The number of benzene rings is 1. The summed E-state index contributed by atoms with van der Waals surface area (Å²) in [5.74, 6) is 0.471. The van der Waals surface area contributed by atoms with Gasteiger partial charge in [0.25, 0.3) is 0 Å². The number of primary amides is 1. The van der Waals surface area contributed by atoms with Crippen molar-refractivity contribution in [1.82, 2.24) is 9.97 Å². The number of nitrogens with two attached hydrogens (primary N) is 2. The van der Waals surface area contributed by atoms with E-state index in [4.69, 9.17) is 11.5 Å². The summed E-state index contributed by atoms with van der Waals surface area (Å²) in [5, 5.41) is 2.44. The summed E-state index contributed by atoms with van der Waals surface area (Å²) >= 11 is 0. The normalized spacial score (nSPS) is 12.0. The molecule has 0 spiro atoms. The number of aromatic nitrogens is 2. The predicted molar refractivity (Wildman–Crippen MR) is 93.0 cm³/mol. The first-order valence-electron chi connectivity index (χ1n) is 7.02. The third-order valence-corrected chi connectivity index (χ3v) is 5.76. The van der Waals surface area contributed by atoms with Crippen LogP contribution >= 0.6 is 0 Å². The lowest BCUT2D eigenvalue weighted by Crippen LogP contribution is -2.29. The second-order valence-electron chi connectivity index (χ2n) is 5.85. The molecule has 0 aliphatic carbocycles. The van der Waals surface area contributed by atoms with Gasteiger partial charge >= 0.3 is 6.03 Å². The summed E-state index contributed by atoms with van der Waals surface area (Å²) in [7, 11) is -3.40. The zero-order valence-electron chi connectivity index (χ0n) is 13.6. The molecule has 128 valence electrons. The number of rotatable bonds is 4. The Balaban J connectivity index is 2.47. The van der Waals surface area contributed by atoms with Gasteiger partial charge in [0.1, 0.15) is 10.6 Å². The van der Waals surface area contributed by atoms with E-state index < -0.39 is 20.6 Å². The minimum absolute atomic E-state index is 0.172. The number of nitrogen functional groups attached to an aromatic ring is 1. The Kier molecular flexibility index (Phi) is 4.48. The summed E-state index contributed by atoms with van der Waals surface area (Å²) in [5.41, 5.74) is 12.3. The van der Waals surface area contributed by atoms with E-state index in [0.29, 0.717) is 22.8 Å². The van der Waals surface area contributed by atoms with Gasteiger partial charge < -0.3 is 16.8 Å². The molecule has 0 aliphatic heterocycles. The minimum Gasteiger partial charge on any atom is -0.384 e. The topological polar surface area (TPSA) is 141 Å². The van der Waals surface area contributed by atoms with Gasteiger partial charge in [-0.2, -0.15) is 0 Å². The first-order chi connectivity index (χ1) is 11.0. The van der Waals surface area contributed by atoms with Crippen molar-refractivity contribution in [2.24, 2.45) is 5.73 Å². The van der Waals surface area contributed by atoms with Crippen LogP contribution in [0.3, 0.4) is 0 Å². The van der Waals surface area contributed by atoms with E-state index >= 15 is 0 Å². The molecule has 24 heavy (non-hydrogen) atoms. The van der Waals surface area contributed by atoms with Crippen LogP contribution in [0.1, 0.15) is 19.5 Å². The first kappa shape index (κ1) is 17.7. The van der Waals surface area contributed by atoms with Crippen molar-refractivity contribution < 1.29 is 13.2 Å². The Morgan fingerprint density at radius 2 is 1.75 bits per heavy atom. The molecule has 0 saturated heterocycles. The van der Waals surface area contributed by atoms with Crippen molar-refractivity contribution in [2.45, 2.75) is 18.6 Å². The number of anilines is 2. The van der Waals surface area contributed by atoms with Crippen LogP contribution in [0.25, 0.3) is 11.4 Å². The Labute approximate surface area is 140 Å². The van der Waals surface area contributed by atoms with Crippen LogP contribution in [0, 0.1) is 0 Å². The predicted octanol–water partition coefficient (Wildman–Crippen LogP) is 1.50. The summed E-state index contributed by atoms with van der Waals surface area (Å²) in [6, 6.07) is 7.41. The zero-order valence-corrected chi connectivity index (χ0v) is 14.4. The summed E-state index contributed by atoms with van der Waals surface area (Å²) < 4.78 is 22.8. The van der Waals surface area contributed by atoms with Gasteiger partial charge in [0.2, 0.25) is 0 Å². The van der Waals surface area contributed by atoms with Crippen molar-refractivity contribution in [2.75, 3.05) is 17.3 Å². The molecular formula is C15H19N5O3S. The molecule has 2 rings (SSSR count). The number of nitrogens with zero attached hydrogens (tertiary/aromatic N) is 2. The number of carbonyl (C=O) groups excluding carboxylic acids is 1. The molecule has 1 aromatic carbocycles. The highest BCUT2D eigenvalue weighted by atomic mass is 32.2. The largest absolute Gasteiger partial charge is 0.384 e. The number of hydrogen-bond acceptors (Lipinski definition) is 6. The molecule has 0 bridgehead atoms. The Morgan fingerprint density at radius 1 is 1.17 bits per heavy atom. The molecule has 0 saturated carbocycles. The maximum Gasteiger partial charge on any atom is 0.316 e. The third-order valence-electron chi connectivity index (χ3n) is 3.70. The second kappa shape index (κ2) is 6.08. The van der Waals surface area contributed by atoms with E-state index in [1.54, 1.807) is 38.1 Å². The Hall–Kier alpha value is -2.68. The highest BCUT2D eigenvalue weighted by molar-refractivity contribution is 7.91. The van der Waals surface area contributed by atoms with Gasteiger partial charge in [0.15, 0.2) is 15.7 Å². The van der Waals surface area contributed by atoms with Crippen LogP contribution in [0.5, 0.6) is 0 Å². The third kappa shape index (κ3) is 3.62. The van der Waals surface area contributed by atoms with Crippen molar-refractivity contribution in [3.63, 3.8) is 0 Å². The number of nitrogens with one attached hydrogen (secondary N) is 1. The average Bonchev–Trinajstić information content (AvgIpc) is 2.45. The fraction of sp³-hybridized carbons (Fsp3) is 0.267. The number of amides is 2. The van der Waals surface area contributed by atoms with Crippen LogP contribution in [-0.4, -0.2) is 30.7 Å². The molecular weight excluding hydrogens is 330 g/mol. The quantitative estimate of drug-likeness (QED) is 0.763. The summed E-state index contributed by atoms with van der Waals surface area (Å²) in [6.07, 6.45) is 1.15.